The molecule has 1 aliphatic heterocycles. The molecular weight excluding hydrogens is 451 g/mol. The van der Waals surface area contributed by atoms with Crippen molar-refractivity contribution in [3.05, 3.63) is 76.4 Å². The van der Waals surface area contributed by atoms with Gasteiger partial charge in [0.05, 0.1) is 15.4 Å². The number of piperidine rings is 1. The van der Waals surface area contributed by atoms with Gasteiger partial charge >= 0.3 is 0 Å². The molecule has 5 rings (SSSR count). The van der Waals surface area contributed by atoms with E-state index in [0.29, 0.717) is 35.6 Å². The van der Waals surface area contributed by atoms with E-state index in [9.17, 15) is 14.0 Å². The molecule has 0 N–H and O–H groups in total. The number of hydrogen-bond acceptors (Lipinski definition) is 5. The van der Waals surface area contributed by atoms with Gasteiger partial charge in [-0.2, -0.15) is 0 Å². The number of ketones is 1. The SMILES string of the molecule is CC(=O)c1c(CC2CCCCN2C(=O)c2nc(C)sc2-c2ccc(F)cc2)oc2ccccc12. The second-order valence-corrected chi connectivity index (χ2v) is 9.93. The van der Waals surface area contributed by atoms with E-state index in [1.54, 1.807) is 19.1 Å². The lowest BCUT2D eigenvalue weighted by Gasteiger charge is -2.35. The Kier molecular flexibility index (Phi) is 6.04. The summed E-state index contributed by atoms with van der Waals surface area (Å²) in [6.07, 6.45) is 3.22. The average Bonchev–Trinajstić information content (AvgIpc) is 3.39. The van der Waals surface area contributed by atoms with Crippen LogP contribution in [0.5, 0.6) is 0 Å². The molecule has 1 saturated heterocycles. The van der Waals surface area contributed by atoms with Gasteiger partial charge < -0.3 is 9.32 Å². The summed E-state index contributed by atoms with van der Waals surface area (Å²) in [5.41, 5.74) is 2.47. The van der Waals surface area contributed by atoms with Gasteiger partial charge in [0, 0.05) is 24.4 Å². The number of benzene rings is 2. The minimum absolute atomic E-state index is 0.0395. The molecule has 5 nitrogen and oxygen atoms in total. The van der Waals surface area contributed by atoms with Crippen molar-refractivity contribution < 1.29 is 18.4 Å². The van der Waals surface area contributed by atoms with Crippen molar-refractivity contribution in [1.82, 2.24) is 9.88 Å². The Morgan fingerprint density at radius 3 is 2.68 bits per heavy atom. The van der Waals surface area contributed by atoms with Gasteiger partial charge in [-0.15, -0.1) is 11.3 Å². The molecule has 1 fully saturated rings. The minimum atomic E-state index is -0.318. The maximum Gasteiger partial charge on any atom is 0.274 e. The van der Waals surface area contributed by atoms with Crippen LogP contribution in [-0.4, -0.2) is 34.2 Å². The maximum absolute atomic E-state index is 13.8. The van der Waals surface area contributed by atoms with Gasteiger partial charge in [-0.05, 0) is 56.9 Å². The molecule has 1 aliphatic rings. The normalized spacial score (nSPS) is 16.2. The number of hydrogen-bond donors (Lipinski definition) is 0. The number of likely N-dealkylation sites (tertiary alicyclic amines) is 1. The predicted octanol–water partition coefficient (Wildman–Crippen LogP) is 6.44. The van der Waals surface area contributed by atoms with Crippen LogP contribution >= 0.6 is 11.3 Å². The van der Waals surface area contributed by atoms with Crippen molar-refractivity contribution in [3.63, 3.8) is 0 Å². The molecule has 3 heterocycles. The summed E-state index contributed by atoms with van der Waals surface area (Å²) in [6, 6.07) is 13.6. The van der Waals surface area contributed by atoms with E-state index in [1.807, 2.05) is 36.1 Å². The van der Waals surface area contributed by atoms with Crippen LogP contribution in [0.2, 0.25) is 0 Å². The predicted molar refractivity (Wildman–Crippen MR) is 131 cm³/mol. The lowest BCUT2D eigenvalue weighted by Crippen LogP contribution is -2.45. The molecule has 0 radical (unpaired) electrons. The second-order valence-electron chi connectivity index (χ2n) is 8.72. The van der Waals surface area contributed by atoms with Crippen molar-refractivity contribution in [2.45, 2.75) is 45.6 Å². The molecule has 0 spiro atoms. The number of amides is 1. The van der Waals surface area contributed by atoms with Crippen molar-refractivity contribution in [1.29, 1.82) is 0 Å². The van der Waals surface area contributed by atoms with Crippen LogP contribution < -0.4 is 0 Å². The zero-order valence-electron chi connectivity index (χ0n) is 19.1. The van der Waals surface area contributed by atoms with E-state index >= 15 is 0 Å². The summed E-state index contributed by atoms with van der Waals surface area (Å²) in [7, 11) is 0. The summed E-state index contributed by atoms with van der Waals surface area (Å²) < 4.78 is 19.6. The number of fused-ring (bicyclic) bond motifs is 1. The average molecular weight is 477 g/mol. The number of carbonyl (C=O) groups is 2. The first-order valence-corrected chi connectivity index (χ1v) is 12.3. The topological polar surface area (TPSA) is 63.4 Å². The van der Waals surface area contributed by atoms with Crippen LogP contribution in [-0.2, 0) is 6.42 Å². The Morgan fingerprint density at radius 1 is 1.15 bits per heavy atom. The molecule has 4 aromatic rings. The Labute approximate surface area is 201 Å². The third-order valence-electron chi connectivity index (χ3n) is 6.37. The van der Waals surface area contributed by atoms with Gasteiger partial charge in [0.1, 0.15) is 22.9 Å². The van der Waals surface area contributed by atoms with Crippen LogP contribution in [0.1, 0.15) is 57.8 Å². The monoisotopic (exact) mass is 476 g/mol. The van der Waals surface area contributed by atoms with E-state index in [4.69, 9.17) is 4.42 Å². The van der Waals surface area contributed by atoms with Gasteiger partial charge in [0.2, 0.25) is 0 Å². The number of furan rings is 1. The number of aryl methyl sites for hydroxylation is 1. The molecule has 174 valence electrons. The van der Waals surface area contributed by atoms with Gasteiger partial charge in [0.15, 0.2) is 5.78 Å². The number of thiazole rings is 1. The molecular formula is C27H25FN2O3S. The van der Waals surface area contributed by atoms with Crippen molar-refractivity contribution in [3.8, 4) is 10.4 Å². The third kappa shape index (κ3) is 4.16. The number of Topliss-reactive ketones (excluding diaryl/α,β-unsaturated/α-hetero) is 1. The lowest BCUT2D eigenvalue weighted by atomic mass is 9.95. The van der Waals surface area contributed by atoms with E-state index in [0.717, 1.165) is 40.1 Å². The number of nitrogens with zero attached hydrogens (tertiary/aromatic N) is 2. The molecule has 0 bridgehead atoms. The van der Waals surface area contributed by atoms with Crippen molar-refractivity contribution in [2.24, 2.45) is 0 Å². The molecule has 0 saturated carbocycles. The van der Waals surface area contributed by atoms with E-state index < -0.39 is 0 Å². The highest BCUT2D eigenvalue weighted by Crippen LogP contribution is 2.34. The summed E-state index contributed by atoms with van der Waals surface area (Å²) in [6.45, 7) is 4.05. The van der Waals surface area contributed by atoms with Gasteiger partial charge in [-0.1, -0.05) is 30.3 Å². The van der Waals surface area contributed by atoms with Gasteiger partial charge in [-0.3, -0.25) is 9.59 Å². The molecule has 34 heavy (non-hydrogen) atoms. The van der Waals surface area contributed by atoms with Crippen LogP contribution in [0.4, 0.5) is 4.39 Å². The fraction of sp³-hybridized carbons (Fsp3) is 0.296. The fourth-order valence-corrected chi connectivity index (χ4v) is 5.74. The Bertz CT molecular complexity index is 1370. The summed E-state index contributed by atoms with van der Waals surface area (Å²) in [5, 5.41) is 1.60. The smallest absolute Gasteiger partial charge is 0.274 e. The zero-order valence-corrected chi connectivity index (χ0v) is 20.0. The summed E-state index contributed by atoms with van der Waals surface area (Å²) >= 11 is 1.44. The highest BCUT2D eigenvalue weighted by Gasteiger charge is 2.33. The fourth-order valence-electron chi connectivity index (χ4n) is 4.82. The maximum atomic E-state index is 13.8. The molecule has 2 aromatic heterocycles. The number of halogens is 1. The van der Waals surface area contributed by atoms with E-state index in [-0.39, 0.29) is 23.5 Å². The highest BCUT2D eigenvalue weighted by atomic mass is 32.1. The first-order valence-electron chi connectivity index (χ1n) is 11.5. The lowest BCUT2D eigenvalue weighted by molar-refractivity contribution is 0.0603. The first kappa shape index (κ1) is 22.5. The molecule has 1 unspecified atom stereocenters. The standard InChI is InChI=1S/C27H25FN2O3S/c1-16(31)24-21-8-3-4-9-22(21)33-23(24)15-20-7-5-6-14-30(20)27(32)25-26(34-17(2)29-25)18-10-12-19(28)13-11-18/h3-4,8-13,20H,5-7,14-15H2,1-2H3. The van der Waals surface area contributed by atoms with Crippen LogP contribution in [0.15, 0.2) is 52.9 Å². The molecule has 2 aromatic carbocycles. The van der Waals surface area contributed by atoms with Crippen molar-refractivity contribution in [2.75, 3.05) is 6.54 Å². The van der Waals surface area contributed by atoms with Gasteiger partial charge in [0.25, 0.3) is 5.91 Å². The number of aromatic nitrogens is 1. The Hall–Kier alpha value is -3.32. The second kappa shape index (κ2) is 9.14. The largest absolute Gasteiger partial charge is 0.460 e. The Morgan fingerprint density at radius 2 is 1.91 bits per heavy atom. The molecule has 1 amide bonds. The Balaban J connectivity index is 1.48. The summed E-state index contributed by atoms with van der Waals surface area (Å²) in [4.78, 5) is 33.4. The third-order valence-corrected chi connectivity index (χ3v) is 7.39. The van der Waals surface area contributed by atoms with Crippen LogP contribution in [0, 0.1) is 12.7 Å². The first-order chi connectivity index (χ1) is 16.4. The highest BCUT2D eigenvalue weighted by molar-refractivity contribution is 7.15. The molecule has 7 heteroatoms. The van der Waals surface area contributed by atoms with E-state index in [2.05, 4.69) is 4.98 Å². The van der Waals surface area contributed by atoms with Gasteiger partial charge in [-0.25, -0.2) is 9.37 Å². The number of rotatable bonds is 5. The summed E-state index contributed by atoms with van der Waals surface area (Å²) in [5.74, 6) is 0.143. The van der Waals surface area contributed by atoms with Crippen LogP contribution in [0.3, 0.4) is 0 Å². The molecule has 1 atom stereocenters. The van der Waals surface area contributed by atoms with Crippen molar-refractivity contribution >= 4 is 34.0 Å². The number of carbonyl (C=O) groups excluding carboxylic acids is 2. The zero-order chi connectivity index (χ0) is 23.8. The van der Waals surface area contributed by atoms with E-state index in [1.165, 1.54) is 23.5 Å². The van der Waals surface area contributed by atoms with Crippen LogP contribution in [0.25, 0.3) is 21.4 Å². The quantitative estimate of drug-likeness (QED) is 0.311. The molecule has 0 aliphatic carbocycles. The minimum Gasteiger partial charge on any atom is -0.460 e. The number of para-hydroxylation sites is 1.